The molecule has 2 nitrogen and oxygen atoms in total. The minimum absolute atomic E-state index is 0.175. The normalized spacial score (nSPS) is 17.9. The number of rotatable bonds is 6. The average Bonchev–Trinajstić information content (AvgIpc) is 2.53. The first-order chi connectivity index (χ1) is 9.76. The molecule has 0 aliphatic heterocycles. The molecule has 1 aromatic carbocycles. The molecule has 110 valence electrons. The van der Waals surface area contributed by atoms with Crippen LogP contribution in [0.3, 0.4) is 0 Å². The Balaban J connectivity index is 2.16. The highest BCUT2D eigenvalue weighted by Gasteiger charge is 2.30. The van der Waals surface area contributed by atoms with E-state index in [4.69, 9.17) is 4.74 Å². The second-order valence-electron chi connectivity index (χ2n) is 5.69. The topological polar surface area (TPSA) is 26.3 Å². The van der Waals surface area contributed by atoms with E-state index in [0.29, 0.717) is 12.5 Å². The van der Waals surface area contributed by atoms with Crippen molar-refractivity contribution in [2.24, 2.45) is 5.92 Å². The molecule has 1 fully saturated rings. The van der Waals surface area contributed by atoms with Gasteiger partial charge >= 0.3 is 0 Å². The molecule has 1 atom stereocenters. The molecule has 1 aliphatic carbocycles. The summed E-state index contributed by atoms with van der Waals surface area (Å²) >= 11 is 0. The molecule has 1 unspecified atom stereocenters. The van der Waals surface area contributed by atoms with E-state index in [1.165, 1.54) is 24.8 Å². The van der Waals surface area contributed by atoms with Gasteiger partial charge in [0.2, 0.25) is 0 Å². The van der Waals surface area contributed by atoms with E-state index in [-0.39, 0.29) is 11.9 Å². The van der Waals surface area contributed by atoms with E-state index >= 15 is 0 Å². The minimum Gasteiger partial charge on any atom is -0.370 e. The Hall–Kier alpha value is -1.15. The standard InChI is InChI=1S/C18H26O2/c1-3-14-9-8-12-16(13-14)17(19)18(20-4-2)15-10-6-5-7-11-15/h8-9,12-13,15,18H,3-7,10-11H2,1-2H3. The molecule has 1 aliphatic rings. The SMILES string of the molecule is CCOC(C(=O)c1cccc(CC)c1)C1CCCCC1. The maximum atomic E-state index is 12.8. The molecule has 0 N–H and O–H groups in total. The van der Waals surface area contributed by atoms with Crippen molar-refractivity contribution in [1.82, 2.24) is 0 Å². The van der Waals surface area contributed by atoms with Gasteiger partial charge in [-0.05, 0) is 43.7 Å². The summed E-state index contributed by atoms with van der Waals surface area (Å²) in [4.78, 5) is 12.8. The van der Waals surface area contributed by atoms with E-state index in [1.54, 1.807) is 0 Å². The lowest BCUT2D eigenvalue weighted by atomic mass is 9.82. The first-order valence-electron chi connectivity index (χ1n) is 8.01. The number of hydrogen-bond donors (Lipinski definition) is 0. The van der Waals surface area contributed by atoms with Crippen molar-refractivity contribution in [1.29, 1.82) is 0 Å². The lowest BCUT2D eigenvalue weighted by Gasteiger charge is -2.29. The van der Waals surface area contributed by atoms with Gasteiger partial charge in [-0.25, -0.2) is 0 Å². The van der Waals surface area contributed by atoms with Gasteiger partial charge in [0.15, 0.2) is 5.78 Å². The molecular formula is C18H26O2. The van der Waals surface area contributed by atoms with Crippen LogP contribution in [0, 0.1) is 5.92 Å². The lowest BCUT2D eigenvalue weighted by molar-refractivity contribution is 0.0127. The predicted octanol–water partition coefficient (Wildman–Crippen LogP) is 4.42. The van der Waals surface area contributed by atoms with Gasteiger partial charge < -0.3 is 4.74 Å². The molecule has 1 saturated carbocycles. The van der Waals surface area contributed by atoms with Crippen molar-refractivity contribution in [2.45, 2.75) is 58.5 Å². The molecule has 1 aromatic rings. The van der Waals surface area contributed by atoms with Crippen LogP contribution in [0.4, 0.5) is 0 Å². The lowest BCUT2D eigenvalue weighted by Crippen LogP contribution is -2.34. The van der Waals surface area contributed by atoms with Crippen LogP contribution in [0.5, 0.6) is 0 Å². The van der Waals surface area contributed by atoms with Crippen LogP contribution < -0.4 is 0 Å². The Morgan fingerprint density at radius 1 is 1.25 bits per heavy atom. The van der Waals surface area contributed by atoms with E-state index < -0.39 is 0 Å². The molecule has 2 heteroatoms. The third-order valence-corrected chi connectivity index (χ3v) is 4.30. The molecule has 0 radical (unpaired) electrons. The van der Waals surface area contributed by atoms with Crippen LogP contribution in [0.15, 0.2) is 24.3 Å². The third-order valence-electron chi connectivity index (χ3n) is 4.30. The average molecular weight is 274 g/mol. The van der Waals surface area contributed by atoms with Crippen LogP contribution in [-0.4, -0.2) is 18.5 Å². The number of ketones is 1. The summed E-state index contributed by atoms with van der Waals surface area (Å²) in [5.74, 6) is 0.579. The van der Waals surface area contributed by atoms with Crippen molar-refractivity contribution in [3.63, 3.8) is 0 Å². The summed E-state index contributed by atoms with van der Waals surface area (Å²) in [7, 11) is 0. The van der Waals surface area contributed by atoms with Gasteiger partial charge in [0, 0.05) is 12.2 Å². The van der Waals surface area contributed by atoms with Gasteiger partial charge in [0.05, 0.1) is 0 Å². The molecule has 20 heavy (non-hydrogen) atoms. The van der Waals surface area contributed by atoms with Gasteiger partial charge in [0.25, 0.3) is 0 Å². The van der Waals surface area contributed by atoms with Crippen molar-refractivity contribution in [3.05, 3.63) is 35.4 Å². The largest absolute Gasteiger partial charge is 0.370 e. The van der Waals surface area contributed by atoms with Gasteiger partial charge in [0.1, 0.15) is 6.10 Å². The summed E-state index contributed by atoms with van der Waals surface area (Å²) in [5, 5.41) is 0. The van der Waals surface area contributed by atoms with Crippen LogP contribution in [0.2, 0.25) is 0 Å². The number of carbonyl (C=O) groups is 1. The fourth-order valence-corrected chi connectivity index (χ4v) is 3.15. The molecule has 0 bridgehead atoms. The zero-order valence-electron chi connectivity index (χ0n) is 12.7. The van der Waals surface area contributed by atoms with E-state index in [9.17, 15) is 4.79 Å². The summed E-state index contributed by atoms with van der Waals surface area (Å²) in [6, 6.07) is 8.01. The first kappa shape index (κ1) is 15.2. The summed E-state index contributed by atoms with van der Waals surface area (Å²) in [5.41, 5.74) is 2.03. The second-order valence-corrected chi connectivity index (χ2v) is 5.69. The van der Waals surface area contributed by atoms with Gasteiger partial charge in [-0.1, -0.05) is 44.4 Å². The number of benzene rings is 1. The van der Waals surface area contributed by atoms with Crippen LogP contribution >= 0.6 is 0 Å². The van der Waals surface area contributed by atoms with Gasteiger partial charge in [-0.15, -0.1) is 0 Å². The first-order valence-corrected chi connectivity index (χ1v) is 8.01. The fourth-order valence-electron chi connectivity index (χ4n) is 3.15. The van der Waals surface area contributed by atoms with Crippen LogP contribution in [-0.2, 0) is 11.2 Å². The zero-order valence-corrected chi connectivity index (χ0v) is 12.7. The molecule has 0 amide bonds. The van der Waals surface area contributed by atoms with E-state index in [1.807, 2.05) is 25.1 Å². The van der Waals surface area contributed by atoms with Gasteiger partial charge in [-0.3, -0.25) is 4.79 Å². The summed E-state index contributed by atoms with van der Waals surface area (Å²) < 4.78 is 5.82. The minimum atomic E-state index is -0.243. The van der Waals surface area contributed by atoms with Crippen molar-refractivity contribution in [2.75, 3.05) is 6.61 Å². The number of carbonyl (C=O) groups excluding carboxylic acids is 1. The van der Waals surface area contributed by atoms with Crippen molar-refractivity contribution in [3.8, 4) is 0 Å². The van der Waals surface area contributed by atoms with Gasteiger partial charge in [-0.2, -0.15) is 0 Å². The second kappa shape index (κ2) is 7.58. The monoisotopic (exact) mass is 274 g/mol. The molecule has 0 saturated heterocycles. The Kier molecular flexibility index (Phi) is 5.78. The van der Waals surface area contributed by atoms with Crippen LogP contribution in [0.25, 0.3) is 0 Å². The molecule has 0 aromatic heterocycles. The zero-order chi connectivity index (χ0) is 14.4. The molecule has 2 rings (SSSR count). The number of hydrogen-bond acceptors (Lipinski definition) is 2. The smallest absolute Gasteiger partial charge is 0.191 e. The maximum absolute atomic E-state index is 12.8. The highest BCUT2D eigenvalue weighted by Crippen LogP contribution is 2.30. The number of aryl methyl sites for hydroxylation is 1. The fraction of sp³-hybridized carbons (Fsp3) is 0.611. The Morgan fingerprint density at radius 2 is 2.00 bits per heavy atom. The maximum Gasteiger partial charge on any atom is 0.191 e. The number of Topliss-reactive ketones (excluding diaryl/α,β-unsaturated/α-hetero) is 1. The Labute approximate surface area is 122 Å². The van der Waals surface area contributed by atoms with E-state index in [0.717, 1.165) is 24.8 Å². The molecule has 0 spiro atoms. The van der Waals surface area contributed by atoms with Crippen molar-refractivity contribution < 1.29 is 9.53 Å². The molecule has 0 heterocycles. The summed E-state index contributed by atoms with van der Waals surface area (Å²) in [6.07, 6.45) is 6.74. The van der Waals surface area contributed by atoms with Crippen molar-refractivity contribution >= 4 is 5.78 Å². The summed E-state index contributed by atoms with van der Waals surface area (Å²) in [6.45, 7) is 4.71. The highest BCUT2D eigenvalue weighted by atomic mass is 16.5. The number of ether oxygens (including phenoxy) is 1. The molecular weight excluding hydrogens is 248 g/mol. The van der Waals surface area contributed by atoms with Crippen LogP contribution in [0.1, 0.15) is 61.9 Å². The predicted molar refractivity (Wildman–Crippen MR) is 82.1 cm³/mol. The van der Waals surface area contributed by atoms with E-state index in [2.05, 4.69) is 13.0 Å². The third kappa shape index (κ3) is 3.69. The Morgan fingerprint density at radius 3 is 2.65 bits per heavy atom. The highest BCUT2D eigenvalue weighted by molar-refractivity contribution is 5.99. The Bertz CT molecular complexity index is 433. The quantitative estimate of drug-likeness (QED) is 0.718.